The Hall–Kier alpha value is -0.650. The normalized spacial score (nSPS) is 20.3. The zero-order valence-electron chi connectivity index (χ0n) is 12.5. The molecule has 5 nitrogen and oxygen atoms in total. The SMILES string of the molecule is CN(C)CC(C)(O)CNC(=O)CCC1CCNCC1. The zero-order valence-corrected chi connectivity index (χ0v) is 12.5. The molecule has 0 bridgehead atoms. The van der Waals surface area contributed by atoms with Crippen molar-refractivity contribution in [3.63, 3.8) is 0 Å². The van der Waals surface area contributed by atoms with Crippen LogP contribution in [0.2, 0.25) is 0 Å². The van der Waals surface area contributed by atoms with Crippen molar-refractivity contribution in [1.82, 2.24) is 15.5 Å². The van der Waals surface area contributed by atoms with Crippen molar-refractivity contribution in [2.75, 3.05) is 40.3 Å². The summed E-state index contributed by atoms with van der Waals surface area (Å²) in [5.41, 5.74) is -0.867. The molecule has 1 fully saturated rings. The molecular formula is C14H29N3O2. The van der Waals surface area contributed by atoms with Gasteiger partial charge in [-0.05, 0) is 59.3 Å². The number of amides is 1. The average Bonchev–Trinajstić information content (AvgIpc) is 2.34. The van der Waals surface area contributed by atoms with E-state index in [0.29, 0.717) is 25.4 Å². The van der Waals surface area contributed by atoms with E-state index in [1.165, 1.54) is 12.8 Å². The maximum Gasteiger partial charge on any atom is 0.220 e. The zero-order chi connectivity index (χ0) is 14.3. The molecule has 0 radical (unpaired) electrons. The molecule has 19 heavy (non-hydrogen) atoms. The molecule has 0 aromatic heterocycles. The molecule has 1 saturated heterocycles. The van der Waals surface area contributed by atoms with E-state index in [4.69, 9.17) is 0 Å². The molecule has 0 spiro atoms. The first-order chi connectivity index (χ1) is 8.89. The van der Waals surface area contributed by atoms with Gasteiger partial charge < -0.3 is 20.6 Å². The first-order valence-electron chi connectivity index (χ1n) is 7.23. The minimum absolute atomic E-state index is 0.0533. The van der Waals surface area contributed by atoms with Crippen molar-refractivity contribution in [3.05, 3.63) is 0 Å². The fraction of sp³-hybridized carbons (Fsp3) is 0.929. The van der Waals surface area contributed by atoms with Crippen molar-refractivity contribution in [1.29, 1.82) is 0 Å². The van der Waals surface area contributed by atoms with Crippen LogP contribution in [0.1, 0.15) is 32.6 Å². The first-order valence-corrected chi connectivity index (χ1v) is 7.23. The quantitative estimate of drug-likeness (QED) is 0.619. The van der Waals surface area contributed by atoms with Gasteiger partial charge in [0.1, 0.15) is 0 Å². The van der Waals surface area contributed by atoms with Gasteiger partial charge in [-0.1, -0.05) is 0 Å². The summed E-state index contributed by atoms with van der Waals surface area (Å²) < 4.78 is 0. The largest absolute Gasteiger partial charge is 0.387 e. The molecule has 1 atom stereocenters. The predicted molar refractivity (Wildman–Crippen MR) is 77.0 cm³/mol. The van der Waals surface area contributed by atoms with E-state index in [0.717, 1.165) is 19.5 Å². The molecule has 0 aromatic carbocycles. The highest BCUT2D eigenvalue weighted by atomic mass is 16.3. The number of likely N-dealkylation sites (N-methyl/N-ethyl adjacent to an activating group) is 1. The molecule has 1 aliphatic heterocycles. The van der Waals surface area contributed by atoms with Gasteiger partial charge in [0.15, 0.2) is 0 Å². The molecule has 0 aromatic rings. The first kappa shape index (κ1) is 16.4. The Labute approximate surface area is 116 Å². The Balaban J connectivity index is 2.16. The summed E-state index contributed by atoms with van der Waals surface area (Å²) in [5.74, 6) is 0.729. The number of carbonyl (C=O) groups is 1. The van der Waals surface area contributed by atoms with Gasteiger partial charge in [0, 0.05) is 19.5 Å². The van der Waals surface area contributed by atoms with E-state index in [2.05, 4.69) is 10.6 Å². The van der Waals surface area contributed by atoms with Gasteiger partial charge in [-0.25, -0.2) is 0 Å². The van der Waals surface area contributed by atoms with Crippen LogP contribution in [0.4, 0.5) is 0 Å². The minimum atomic E-state index is -0.867. The number of nitrogens with one attached hydrogen (secondary N) is 2. The van der Waals surface area contributed by atoms with Crippen LogP contribution in [-0.2, 0) is 4.79 Å². The van der Waals surface area contributed by atoms with Crippen LogP contribution in [0, 0.1) is 5.92 Å². The molecule has 0 saturated carbocycles. The Kier molecular flexibility index (Phi) is 6.75. The number of aliphatic hydroxyl groups is 1. The molecular weight excluding hydrogens is 242 g/mol. The number of hydrogen-bond donors (Lipinski definition) is 3. The van der Waals surface area contributed by atoms with Crippen LogP contribution in [-0.4, -0.2) is 61.8 Å². The minimum Gasteiger partial charge on any atom is -0.387 e. The number of nitrogens with zero attached hydrogens (tertiary/aromatic N) is 1. The molecule has 0 aliphatic carbocycles. The number of carbonyl (C=O) groups excluding carboxylic acids is 1. The molecule has 1 rings (SSSR count). The lowest BCUT2D eigenvalue weighted by atomic mass is 9.93. The average molecular weight is 271 g/mol. The Morgan fingerprint density at radius 2 is 2.05 bits per heavy atom. The summed E-state index contributed by atoms with van der Waals surface area (Å²) in [6.45, 7) is 4.76. The van der Waals surface area contributed by atoms with Crippen LogP contribution >= 0.6 is 0 Å². The molecule has 112 valence electrons. The van der Waals surface area contributed by atoms with E-state index in [1.807, 2.05) is 19.0 Å². The number of hydrogen-bond acceptors (Lipinski definition) is 4. The standard InChI is InChI=1S/C14H29N3O2/c1-14(19,11-17(2)3)10-16-13(18)5-4-12-6-8-15-9-7-12/h12,15,19H,4-11H2,1-3H3,(H,16,18). The lowest BCUT2D eigenvalue weighted by Crippen LogP contribution is -2.47. The second kappa shape index (κ2) is 7.82. The highest BCUT2D eigenvalue weighted by Gasteiger charge is 2.22. The molecule has 1 amide bonds. The van der Waals surface area contributed by atoms with E-state index >= 15 is 0 Å². The molecule has 3 N–H and O–H groups in total. The predicted octanol–water partition coefficient (Wildman–Crippen LogP) is 0.195. The monoisotopic (exact) mass is 271 g/mol. The molecule has 5 heteroatoms. The van der Waals surface area contributed by atoms with Crippen molar-refractivity contribution >= 4 is 5.91 Å². The third-order valence-corrected chi connectivity index (χ3v) is 3.56. The highest BCUT2D eigenvalue weighted by Crippen LogP contribution is 2.17. The molecule has 1 aliphatic rings. The van der Waals surface area contributed by atoms with Crippen LogP contribution in [0.15, 0.2) is 0 Å². The van der Waals surface area contributed by atoms with Crippen LogP contribution in [0.5, 0.6) is 0 Å². The van der Waals surface area contributed by atoms with Crippen molar-refractivity contribution in [2.24, 2.45) is 5.92 Å². The van der Waals surface area contributed by atoms with Gasteiger partial charge in [0.05, 0.1) is 5.60 Å². The summed E-state index contributed by atoms with van der Waals surface area (Å²) >= 11 is 0. The smallest absolute Gasteiger partial charge is 0.220 e. The lowest BCUT2D eigenvalue weighted by Gasteiger charge is -2.27. The topological polar surface area (TPSA) is 64.6 Å². The second-order valence-electron chi connectivity index (χ2n) is 6.24. The molecule has 1 heterocycles. The maximum absolute atomic E-state index is 11.8. The summed E-state index contributed by atoms with van der Waals surface area (Å²) in [6, 6.07) is 0. The van der Waals surface area contributed by atoms with Gasteiger partial charge in [-0.2, -0.15) is 0 Å². The maximum atomic E-state index is 11.8. The van der Waals surface area contributed by atoms with E-state index in [1.54, 1.807) is 6.92 Å². The van der Waals surface area contributed by atoms with E-state index in [-0.39, 0.29) is 5.91 Å². The van der Waals surface area contributed by atoms with Gasteiger partial charge in [0.2, 0.25) is 5.91 Å². The van der Waals surface area contributed by atoms with Gasteiger partial charge >= 0.3 is 0 Å². The summed E-state index contributed by atoms with van der Waals surface area (Å²) in [6.07, 6.45) is 3.88. The van der Waals surface area contributed by atoms with E-state index in [9.17, 15) is 9.90 Å². The van der Waals surface area contributed by atoms with Crippen molar-refractivity contribution < 1.29 is 9.90 Å². The van der Waals surface area contributed by atoms with E-state index < -0.39 is 5.60 Å². The number of rotatable bonds is 7. The highest BCUT2D eigenvalue weighted by molar-refractivity contribution is 5.75. The van der Waals surface area contributed by atoms with Gasteiger partial charge in [-0.3, -0.25) is 4.79 Å². The van der Waals surface area contributed by atoms with Crippen LogP contribution < -0.4 is 10.6 Å². The fourth-order valence-corrected chi connectivity index (χ4v) is 2.62. The van der Waals surface area contributed by atoms with Gasteiger partial charge in [0.25, 0.3) is 0 Å². The van der Waals surface area contributed by atoms with Crippen molar-refractivity contribution in [2.45, 2.75) is 38.2 Å². The second-order valence-corrected chi connectivity index (χ2v) is 6.24. The van der Waals surface area contributed by atoms with Crippen molar-refractivity contribution in [3.8, 4) is 0 Å². The van der Waals surface area contributed by atoms with Gasteiger partial charge in [-0.15, -0.1) is 0 Å². The third-order valence-electron chi connectivity index (χ3n) is 3.56. The third kappa shape index (κ3) is 7.50. The Morgan fingerprint density at radius 1 is 1.42 bits per heavy atom. The Bertz CT molecular complexity index is 274. The Morgan fingerprint density at radius 3 is 2.63 bits per heavy atom. The van der Waals surface area contributed by atoms with Crippen LogP contribution in [0.3, 0.4) is 0 Å². The van der Waals surface area contributed by atoms with Crippen LogP contribution in [0.25, 0.3) is 0 Å². The summed E-state index contributed by atoms with van der Waals surface area (Å²) in [4.78, 5) is 13.7. The summed E-state index contributed by atoms with van der Waals surface area (Å²) in [5, 5.41) is 16.3. The molecule has 1 unspecified atom stereocenters. The summed E-state index contributed by atoms with van der Waals surface area (Å²) in [7, 11) is 3.82. The lowest BCUT2D eigenvalue weighted by molar-refractivity contribution is -0.122. The number of piperidine rings is 1. The fourth-order valence-electron chi connectivity index (χ4n) is 2.62.